The molecule has 148 valence electrons. The molecule has 1 aromatic heterocycles. The highest BCUT2D eigenvalue weighted by atomic mass is 35.5. The second kappa shape index (κ2) is 8.95. The molecule has 0 radical (unpaired) electrons. The van der Waals surface area contributed by atoms with Crippen LogP contribution < -0.4 is 4.74 Å². The first kappa shape index (κ1) is 20.6. The van der Waals surface area contributed by atoms with E-state index in [1.54, 1.807) is 18.3 Å². The zero-order valence-corrected chi connectivity index (χ0v) is 17.9. The Kier molecular flexibility index (Phi) is 6.60. The van der Waals surface area contributed by atoms with Crippen molar-refractivity contribution in [2.75, 3.05) is 20.6 Å². The van der Waals surface area contributed by atoms with Crippen LogP contribution >= 0.6 is 22.9 Å². The molecule has 0 spiro atoms. The fourth-order valence-electron chi connectivity index (χ4n) is 3.00. The van der Waals surface area contributed by atoms with Crippen molar-refractivity contribution >= 4 is 39.8 Å². The van der Waals surface area contributed by atoms with Gasteiger partial charge in [0.1, 0.15) is 11.9 Å². The standard InChI is InChI=1S/C22H25ClNO3S/c1-16(23)26-22(25)24(2,3)14-13-20(21-12-7-15-28-21)27-19-11-6-9-17-8-4-5-10-18(17)19/h4-12,15-16,20H,13-14H2,1-3H3/q+1/t16-,20?/m1/s1. The number of halogens is 1. The fourth-order valence-corrected chi connectivity index (χ4v) is 3.86. The molecular formula is C22H25ClNO3S+. The highest BCUT2D eigenvalue weighted by Crippen LogP contribution is 2.33. The zero-order valence-electron chi connectivity index (χ0n) is 16.3. The first-order valence-corrected chi connectivity index (χ1v) is 10.5. The third-order valence-corrected chi connectivity index (χ3v) is 5.64. The van der Waals surface area contributed by atoms with E-state index in [1.165, 1.54) is 0 Å². The van der Waals surface area contributed by atoms with Gasteiger partial charge in [0.15, 0.2) is 5.56 Å². The maximum absolute atomic E-state index is 12.3. The van der Waals surface area contributed by atoms with Gasteiger partial charge in [-0.05, 0) is 29.8 Å². The molecule has 0 fully saturated rings. The van der Waals surface area contributed by atoms with Gasteiger partial charge in [-0.2, -0.15) is 4.79 Å². The topological polar surface area (TPSA) is 35.5 Å². The lowest BCUT2D eigenvalue weighted by molar-refractivity contribution is -0.818. The number of amides is 1. The molecule has 0 saturated carbocycles. The van der Waals surface area contributed by atoms with E-state index in [0.29, 0.717) is 13.0 Å². The minimum absolute atomic E-state index is 0.0812. The van der Waals surface area contributed by atoms with E-state index in [9.17, 15) is 4.79 Å². The van der Waals surface area contributed by atoms with E-state index in [2.05, 4.69) is 24.3 Å². The third-order valence-electron chi connectivity index (χ3n) is 4.59. The van der Waals surface area contributed by atoms with E-state index in [1.807, 2.05) is 49.8 Å². The Morgan fingerprint density at radius 1 is 1.11 bits per heavy atom. The molecule has 0 aliphatic rings. The molecule has 3 rings (SSSR count). The number of carbonyl (C=O) groups is 1. The largest absolute Gasteiger partial charge is 0.517 e. The smallest absolute Gasteiger partial charge is 0.484 e. The van der Waals surface area contributed by atoms with Crippen LogP contribution in [0.15, 0.2) is 60.0 Å². The van der Waals surface area contributed by atoms with Crippen LogP contribution in [0.1, 0.15) is 24.3 Å². The lowest BCUT2D eigenvalue weighted by Crippen LogP contribution is -2.47. The van der Waals surface area contributed by atoms with Crippen molar-refractivity contribution in [3.05, 3.63) is 64.9 Å². The quantitative estimate of drug-likeness (QED) is 0.338. The van der Waals surface area contributed by atoms with Crippen LogP contribution in [-0.4, -0.2) is 36.8 Å². The molecule has 1 unspecified atom stereocenters. The average molecular weight is 419 g/mol. The van der Waals surface area contributed by atoms with Gasteiger partial charge in [-0.3, -0.25) is 0 Å². The molecule has 6 heteroatoms. The number of quaternary nitrogens is 1. The second-order valence-corrected chi connectivity index (χ2v) is 8.82. The lowest BCUT2D eigenvalue weighted by atomic mass is 10.1. The molecule has 1 amide bonds. The summed E-state index contributed by atoms with van der Waals surface area (Å²) in [5.74, 6) is 0.846. The van der Waals surface area contributed by atoms with Crippen LogP contribution in [0, 0.1) is 0 Å². The summed E-state index contributed by atoms with van der Waals surface area (Å²) in [5.41, 5.74) is -0.648. The van der Waals surface area contributed by atoms with E-state index >= 15 is 0 Å². The summed E-state index contributed by atoms with van der Waals surface area (Å²) >= 11 is 7.47. The van der Waals surface area contributed by atoms with Crippen LogP contribution in [0.2, 0.25) is 0 Å². The van der Waals surface area contributed by atoms with Crippen LogP contribution in [0.25, 0.3) is 10.8 Å². The number of fused-ring (bicyclic) bond motifs is 1. The molecule has 28 heavy (non-hydrogen) atoms. The van der Waals surface area contributed by atoms with Gasteiger partial charge in [0, 0.05) is 16.7 Å². The van der Waals surface area contributed by atoms with E-state index in [0.717, 1.165) is 21.4 Å². The monoisotopic (exact) mass is 418 g/mol. The fraction of sp³-hybridized carbons (Fsp3) is 0.318. The van der Waals surface area contributed by atoms with Crippen LogP contribution in [0.5, 0.6) is 5.75 Å². The number of thiophene rings is 1. The van der Waals surface area contributed by atoms with Crippen molar-refractivity contribution in [3.63, 3.8) is 0 Å². The van der Waals surface area contributed by atoms with Gasteiger partial charge in [-0.15, -0.1) is 11.3 Å². The first-order valence-electron chi connectivity index (χ1n) is 9.23. The minimum atomic E-state index is -0.648. The van der Waals surface area contributed by atoms with Crippen molar-refractivity contribution < 1.29 is 18.8 Å². The Bertz CT molecular complexity index is 919. The molecule has 2 aromatic carbocycles. The van der Waals surface area contributed by atoms with E-state index in [-0.39, 0.29) is 16.7 Å². The van der Waals surface area contributed by atoms with Crippen molar-refractivity contribution in [2.24, 2.45) is 0 Å². The Morgan fingerprint density at radius 3 is 2.57 bits per heavy atom. The molecule has 1 heterocycles. The van der Waals surface area contributed by atoms with Gasteiger partial charge in [0.25, 0.3) is 0 Å². The number of benzene rings is 2. The summed E-state index contributed by atoms with van der Waals surface area (Å²) in [6, 6.07) is 18.3. The lowest BCUT2D eigenvalue weighted by Gasteiger charge is -2.28. The number of carbonyl (C=O) groups excluding carboxylic acids is 1. The van der Waals surface area contributed by atoms with Crippen molar-refractivity contribution in [1.82, 2.24) is 0 Å². The number of nitrogens with zero attached hydrogens (tertiary/aromatic N) is 1. The molecule has 2 atom stereocenters. The molecule has 4 nitrogen and oxygen atoms in total. The Balaban J connectivity index is 1.80. The predicted octanol–water partition coefficient (Wildman–Crippen LogP) is 6.21. The van der Waals surface area contributed by atoms with E-state index < -0.39 is 5.56 Å². The van der Waals surface area contributed by atoms with Crippen LogP contribution in [0.3, 0.4) is 0 Å². The third kappa shape index (κ3) is 5.04. The second-order valence-electron chi connectivity index (χ2n) is 7.22. The molecule has 0 N–H and O–H groups in total. The molecule has 0 bridgehead atoms. The summed E-state index contributed by atoms with van der Waals surface area (Å²) in [7, 11) is 3.65. The molecule has 0 aliphatic heterocycles. The first-order chi connectivity index (χ1) is 13.4. The molecule has 0 aliphatic carbocycles. The van der Waals surface area contributed by atoms with E-state index in [4.69, 9.17) is 21.1 Å². The number of hydrogen-bond acceptors (Lipinski definition) is 4. The highest BCUT2D eigenvalue weighted by Gasteiger charge is 2.31. The Morgan fingerprint density at radius 2 is 1.86 bits per heavy atom. The maximum atomic E-state index is 12.3. The summed E-state index contributed by atoms with van der Waals surface area (Å²) in [5, 5.41) is 4.26. The Labute approximate surface area is 174 Å². The summed E-state index contributed by atoms with van der Waals surface area (Å²) < 4.78 is 11.7. The maximum Gasteiger partial charge on any atom is 0.517 e. The normalized spacial score (nSPS) is 13.9. The van der Waals surface area contributed by atoms with Crippen LogP contribution in [0.4, 0.5) is 4.79 Å². The number of rotatable bonds is 7. The van der Waals surface area contributed by atoms with Gasteiger partial charge in [-0.25, -0.2) is 4.48 Å². The summed E-state index contributed by atoms with van der Waals surface area (Å²) in [4.78, 5) is 13.5. The Hall–Kier alpha value is -2.08. The van der Waals surface area contributed by atoms with Gasteiger partial charge in [0.05, 0.1) is 20.6 Å². The summed E-state index contributed by atoms with van der Waals surface area (Å²) in [6.07, 6.45) is 0.171. The van der Waals surface area contributed by atoms with Crippen molar-refractivity contribution in [2.45, 2.75) is 25.0 Å². The van der Waals surface area contributed by atoms with Crippen LogP contribution in [-0.2, 0) is 4.74 Å². The SMILES string of the molecule is C[C@H](Cl)OC(=O)[N+](C)(C)CCC(Oc1cccc2ccccc12)c1cccs1. The van der Waals surface area contributed by atoms with Gasteiger partial charge in [-0.1, -0.05) is 54.1 Å². The predicted molar refractivity (Wildman–Crippen MR) is 115 cm³/mol. The number of ether oxygens (including phenoxy) is 2. The molecule has 3 aromatic rings. The zero-order chi connectivity index (χ0) is 20.1. The van der Waals surface area contributed by atoms with Gasteiger partial charge in [0.2, 0.25) is 0 Å². The number of alkyl halides is 1. The summed E-state index contributed by atoms with van der Waals surface area (Å²) in [6.45, 7) is 2.20. The number of hydrogen-bond donors (Lipinski definition) is 0. The van der Waals surface area contributed by atoms with Crippen molar-refractivity contribution in [1.29, 1.82) is 0 Å². The average Bonchev–Trinajstić information content (AvgIpc) is 3.19. The molecular weight excluding hydrogens is 394 g/mol. The van der Waals surface area contributed by atoms with Gasteiger partial charge >= 0.3 is 6.09 Å². The van der Waals surface area contributed by atoms with Gasteiger partial charge < -0.3 is 9.47 Å². The highest BCUT2D eigenvalue weighted by molar-refractivity contribution is 7.10. The molecule has 0 saturated heterocycles. The van der Waals surface area contributed by atoms with Crippen molar-refractivity contribution in [3.8, 4) is 5.75 Å². The minimum Gasteiger partial charge on any atom is -0.484 e.